The quantitative estimate of drug-likeness (QED) is 0.669. The van der Waals surface area contributed by atoms with Gasteiger partial charge in [0.1, 0.15) is 10.8 Å². The number of nitrogens with one attached hydrogen (secondary N) is 1. The first-order chi connectivity index (χ1) is 13.6. The minimum absolute atomic E-state index is 0.0324. The normalized spacial score (nSPS) is 16.4. The lowest BCUT2D eigenvalue weighted by molar-refractivity contribution is -0.117. The van der Waals surface area contributed by atoms with Gasteiger partial charge in [0, 0.05) is 29.4 Å². The summed E-state index contributed by atoms with van der Waals surface area (Å²) in [6, 6.07) is 11.3. The number of hydrogen-bond donors (Lipinski definition) is 1. The van der Waals surface area contributed by atoms with E-state index in [2.05, 4.69) is 15.5 Å². The largest absolute Gasteiger partial charge is 0.497 e. The number of methoxy groups -OCH3 is 1. The van der Waals surface area contributed by atoms with Gasteiger partial charge in [-0.05, 0) is 35.7 Å². The summed E-state index contributed by atoms with van der Waals surface area (Å²) in [5.41, 5.74) is 0.835. The maximum Gasteiger partial charge on any atom is 0.231 e. The molecule has 0 aliphatic carbocycles. The van der Waals surface area contributed by atoms with Gasteiger partial charge in [-0.2, -0.15) is 0 Å². The molecule has 2 amide bonds. The van der Waals surface area contributed by atoms with Gasteiger partial charge in [-0.15, -0.1) is 21.5 Å². The average molecular weight is 415 g/mol. The lowest BCUT2D eigenvalue weighted by atomic mass is 10.1. The average Bonchev–Trinajstić information content (AvgIpc) is 3.43. The van der Waals surface area contributed by atoms with Gasteiger partial charge in [0.25, 0.3) is 0 Å². The molecule has 3 heterocycles. The molecule has 1 fully saturated rings. The Morgan fingerprint density at radius 3 is 2.82 bits per heavy atom. The summed E-state index contributed by atoms with van der Waals surface area (Å²) in [7, 11) is 1.61. The monoisotopic (exact) mass is 414 g/mol. The molecule has 1 saturated heterocycles. The smallest absolute Gasteiger partial charge is 0.231 e. The summed E-state index contributed by atoms with van der Waals surface area (Å²) in [4.78, 5) is 27.3. The number of nitrogens with zero attached hydrogens (tertiary/aromatic N) is 3. The molecule has 1 atom stereocenters. The zero-order chi connectivity index (χ0) is 19.5. The Morgan fingerprint density at radius 2 is 2.11 bits per heavy atom. The van der Waals surface area contributed by atoms with Gasteiger partial charge in [0.2, 0.25) is 16.9 Å². The van der Waals surface area contributed by atoms with E-state index >= 15 is 0 Å². The highest BCUT2D eigenvalue weighted by atomic mass is 32.1. The highest BCUT2D eigenvalue weighted by Crippen LogP contribution is 2.34. The molecule has 0 saturated carbocycles. The van der Waals surface area contributed by atoms with Crippen LogP contribution in [0.1, 0.15) is 22.2 Å². The fraction of sp³-hybridized carbons (Fsp3) is 0.263. The van der Waals surface area contributed by atoms with Crippen LogP contribution in [0.3, 0.4) is 0 Å². The maximum absolute atomic E-state index is 12.5. The van der Waals surface area contributed by atoms with E-state index in [1.54, 1.807) is 23.3 Å². The van der Waals surface area contributed by atoms with Crippen molar-refractivity contribution in [3.05, 3.63) is 51.7 Å². The van der Waals surface area contributed by atoms with Crippen LogP contribution in [0.5, 0.6) is 5.75 Å². The van der Waals surface area contributed by atoms with Gasteiger partial charge in [0.05, 0.1) is 13.5 Å². The molecule has 1 N–H and O–H groups in total. The number of aromatic nitrogens is 2. The molecule has 9 heteroatoms. The van der Waals surface area contributed by atoms with Crippen molar-refractivity contribution in [1.29, 1.82) is 0 Å². The van der Waals surface area contributed by atoms with Crippen LogP contribution in [0, 0.1) is 0 Å². The SMILES string of the molecule is COc1ccc(N2C[C@@H](c3nnc(NC(=O)Cc4cccs4)s3)CC2=O)cc1. The second-order valence-electron chi connectivity index (χ2n) is 6.35. The first-order valence-corrected chi connectivity index (χ1v) is 10.4. The molecule has 2 aromatic heterocycles. The number of rotatable bonds is 6. The van der Waals surface area contributed by atoms with Crippen LogP contribution in [0.15, 0.2) is 41.8 Å². The van der Waals surface area contributed by atoms with Gasteiger partial charge >= 0.3 is 0 Å². The molecule has 1 aliphatic heterocycles. The fourth-order valence-electron chi connectivity index (χ4n) is 3.07. The van der Waals surface area contributed by atoms with Crippen LogP contribution in [0.4, 0.5) is 10.8 Å². The Labute approximate surface area is 170 Å². The highest BCUT2D eigenvalue weighted by molar-refractivity contribution is 7.15. The topological polar surface area (TPSA) is 84.4 Å². The van der Waals surface area contributed by atoms with Crippen LogP contribution < -0.4 is 15.0 Å². The molecule has 28 heavy (non-hydrogen) atoms. The number of thiophene rings is 1. The maximum atomic E-state index is 12.5. The molecule has 4 rings (SSSR count). The van der Waals surface area contributed by atoms with E-state index in [-0.39, 0.29) is 17.7 Å². The molecule has 0 bridgehead atoms. The second-order valence-corrected chi connectivity index (χ2v) is 8.39. The van der Waals surface area contributed by atoms with Gasteiger partial charge in [-0.25, -0.2) is 0 Å². The third-order valence-corrected chi connectivity index (χ3v) is 6.34. The Kier molecular flexibility index (Phi) is 5.36. The predicted octanol–water partition coefficient (Wildman–Crippen LogP) is 3.31. The Bertz CT molecular complexity index is 969. The number of hydrogen-bond acceptors (Lipinski definition) is 7. The van der Waals surface area contributed by atoms with Crippen LogP contribution >= 0.6 is 22.7 Å². The number of carbonyl (C=O) groups excluding carboxylic acids is 2. The van der Waals surface area contributed by atoms with Gasteiger partial charge in [-0.3, -0.25) is 9.59 Å². The van der Waals surface area contributed by atoms with E-state index in [1.165, 1.54) is 11.3 Å². The molecular formula is C19H18N4O3S2. The zero-order valence-electron chi connectivity index (χ0n) is 15.1. The summed E-state index contributed by atoms with van der Waals surface area (Å²) >= 11 is 2.87. The zero-order valence-corrected chi connectivity index (χ0v) is 16.8. The number of amides is 2. The van der Waals surface area contributed by atoms with Crippen molar-refractivity contribution < 1.29 is 14.3 Å². The van der Waals surface area contributed by atoms with Gasteiger partial charge in [0.15, 0.2) is 0 Å². The minimum atomic E-state index is -0.118. The lowest BCUT2D eigenvalue weighted by Gasteiger charge is -2.16. The number of benzene rings is 1. The molecule has 144 valence electrons. The first-order valence-electron chi connectivity index (χ1n) is 8.72. The highest BCUT2D eigenvalue weighted by Gasteiger charge is 2.34. The van der Waals surface area contributed by atoms with E-state index in [0.717, 1.165) is 21.3 Å². The summed E-state index contributed by atoms with van der Waals surface area (Å²) in [6.45, 7) is 0.545. The molecule has 0 radical (unpaired) electrons. The van der Waals surface area contributed by atoms with Crippen LogP contribution in [-0.4, -0.2) is 35.7 Å². The van der Waals surface area contributed by atoms with Gasteiger partial charge in [-0.1, -0.05) is 17.4 Å². The van der Waals surface area contributed by atoms with Crippen molar-refractivity contribution in [2.24, 2.45) is 0 Å². The summed E-state index contributed by atoms with van der Waals surface area (Å²) in [5, 5.41) is 14.2. The van der Waals surface area contributed by atoms with Gasteiger partial charge < -0.3 is 15.0 Å². The Morgan fingerprint density at radius 1 is 1.29 bits per heavy atom. The Balaban J connectivity index is 1.39. The Hall–Kier alpha value is -2.78. The van der Waals surface area contributed by atoms with E-state index in [9.17, 15) is 9.59 Å². The molecule has 1 aliphatic rings. The van der Waals surface area contributed by atoms with Crippen molar-refractivity contribution >= 4 is 45.3 Å². The van der Waals surface area contributed by atoms with E-state index in [1.807, 2.05) is 41.8 Å². The van der Waals surface area contributed by atoms with Crippen molar-refractivity contribution in [3.8, 4) is 5.75 Å². The van der Waals surface area contributed by atoms with Crippen LogP contribution in [-0.2, 0) is 16.0 Å². The first kappa shape index (κ1) is 18.6. The fourth-order valence-corrected chi connectivity index (χ4v) is 4.62. The molecule has 1 aromatic carbocycles. The second kappa shape index (κ2) is 8.07. The lowest BCUT2D eigenvalue weighted by Crippen LogP contribution is -2.24. The summed E-state index contributed by atoms with van der Waals surface area (Å²) in [5.74, 6) is 0.648. The molecule has 7 nitrogen and oxygen atoms in total. The standard InChI is InChI=1S/C19H18N4O3S2/c1-26-14-6-4-13(5-7-14)23-11-12(9-17(23)25)18-21-22-19(28-18)20-16(24)10-15-3-2-8-27-15/h2-8,12H,9-11H2,1H3,(H,20,22,24)/t12-/m0/s1. The molecular weight excluding hydrogens is 396 g/mol. The molecule has 3 aromatic rings. The third kappa shape index (κ3) is 4.05. The van der Waals surface area contributed by atoms with Crippen molar-refractivity contribution in [2.45, 2.75) is 18.8 Å². The molecule has 0 unspecified atom stereocenters. The number of anilines is 2. The minimum Gasteiger partial charge on any atom is -0.497 e. The number of ether oxygens (including phenoxy) is 1. The molecule has 0 spiro atoms. The van der Waals surface area contributed by atoms with Crippen molar-refractivity contribution in [2.75, 3.05) is 23.9 Å². The van der Waals surface area contributed by atoms with E-state index in [4.69, 9.17) is 4.74 Å². The van der Waals surface area contributed by atoms with Crippen molar-refractivity contribution in [3.63, 3.8) is 0 Å². The van der Waals surface area contributed by atoms with Crippen molar-refractivity contribution in [1.82, 2.24) is 10.2 Å². The van der Waals surface area contributed by atoms with E-state index < -0.39 is 0 Å². The summed E-state index contributed by atoms with van der Waals surface area (Å²) in [6.07, 6.45) is 0.698. The van der Waals surface area contributed by atoms with Crippen LogP contribution in [0.2, 0.25) is 0 Å². The summed E-state index contributed by atoms with van der Waals surface area (Å²) < 4.78 is 5.16. The van der Waals surface area contributed by atoms with Crippen LogP contribution in [0.25, 0.3) is 0 Å². The third-order valence-electron chi connectivity index (χ3n) is 4.46. The predicted molar refractivity (Wildman–Crippen MR) is 109 cm³/mol. The van der Waals surface area contributed by atoms with E-state index in [0.29, 0.717) is 24.5 Å². The number of carbonyl (C=O) groups is 2.